The third-order valence-electron chi connectivity index (χ3n) is 2.72. The number of rotatable bonds is 1. The summed E-state index contributed by atoms with van der Waals surface area (Å²) in [4.78, 5) is 12.0. The summed E-state index contributed by atoms with van der Waals surface area (Å²) in [6.45, 7) is 9.71. The van der Waals surface area contributed by atoms with Gasteiger partial charge in [0, 0.05) is 5.56 Å². The number of hydrogen-bond acceptors (Lipinski definition) is 2. The fourth-order valence-electron chi connectivity index (χ4n) is 1.56. The minimum atomic E-state index is -0.0504. The zero-order chi connectivity index (χ0) is 13.7. The van der Waals surface area contributed by atoms with Gasteiger partial charge in [-0.3, -0.25) is 4.79 Å². The minimum absolute atomic E-state index is 0.0504. The summed E-state index contributed by atoms with van der Waals surface area (Å²) >= 11 is 0. The highest BCUT2D eigenvalue weighted by molar-refractivity contribution is 5.35. The van der Waals surface area contributed by atoms with Gasteiger partial charge in [-0.2, -0.15) is 9.78 Å². The summed E-state index contributed by atoms with van der Waals surface area (Å²) in [5.41, 5.74) is 3.55. The first-order valence-corrected chi connectivity index (χ1v) is 6.22. The second-order valence-corrected chi connectivity index (χ2v) is 4.01. The van der Waals surface area contributed by atoms with Gasteiger partial charge in [0.1, 0.15) is 0 Å². The maximum absolute atomic E-state index is 12.0. The van der Waals surface area contributed by atoms with Crippen LogP contribution in [-0.2, 0) is 0 Å². The van der Waals surface area contributed by atoms with Crippen molar-refractivity contribution in [2.24, 2.45) is 0 Å². The Balaban J connectivity index is 0.000000771. The lowest BCUT2D eigenvalue weighted by atomic mass is 10.2. The Morgan fingerprint density at radius 2 is 1.78 bits per heavy atom. The number of aryl methyl sites for hydroxylation is 2. The van der Waals surface area contributed by atoms with Gasteiger partial charge in [0.25, 0.3) is 5.56 Å². The normalized spacial score (nSPS) is 9.61. The molecule has 0 N–H and O–H groups in total. The van der Waals surface area contributed by atoms with Crippen molar-refractivity contribution in [2.45, 2.75) is 34.6 Å². The van der Waals surface area contributed by atoms with Crippen LogP contribution in [0.25, 0.3) is 5.69 Å². The minimum Gasteiger partial charge on any atom is -0.267 e. The Morgan fingerprint density at radius 1 is 1.11 bits per heavy atom. The lowest BCUT2D eigenvalue weighted by molar-refractivity contribution is 0.788. The molecule has 0 radical (unpaired) electrons. The van der Waals surface area contributed by atoms with Gasteiger partial charge < -0.3 is 0 Å². The number of hydrogen-bond donors (Lipinski definition) is 0. The van der Waals surface area contributed by atoms with E-state index >= 15 is 0 Å². The van der Waals surface area contributed by atoms with Crippen molar-refractivity contribution < 1.29 is 0 Å². The average molecular weight is 244 g/mol. The Morgan fingerprint density at radius 3 is 2.39 bits per heavy atom. The fraction of sp³-hybridized carbons (Fsp3) is 0.333. The van der Waals surface area contributed by atoms with E-state index in [-0.39, 0.29) is 5.56 Å². The predicted molar refractivity (Wildman–Crippen MR) is 75.4 cm³/mol. The molecule has 1 aromatic carbocycles. The van der Waals surface area contributed by atoms with Crippen LogP contribution in [0.4, 0.5) is 0 Å². The molecule has 96 valence electrons. The van der Waals surface area contributed by atoms with Gasteiger partial charge in [-0.25, -0.2) is 0 Å². The fourth-order valence-corrected chi connectivity index (χ4v) is 1.56. The van der Waals surface area contributed by atoms with Crippen LogP contribution >= 0.6 is 0 Å². The van der Waals surface area contributed by atoms with E-state index < -0.39 is 0 Å². The Hall–Kier alpha value is -1.90. The van der Waals surface area contributed by atoms with Crippen LogP contribution in [0.1, 0.15) is 30.5 Å². The molecule has 0 spiro atoms. The van der Waals surface area contributed by atoms with Crippen LogP contribution in [0, 0.1) is 20.8 Å². The van der Waals surface area contributed by atoms with Gasteiger partial charge in [0.05, 0.1) is 11.9 Å². The smallest absolute Gasteiger partial charge is 0.267 e. The molecule has 0 amide bonds. The molecule has 2 aromatic rings. The molecule has 2 rings (SSSR count). The molecule has 18 heavy (non-hydrogen) atoms. The molecule has 0 bridgehead atoms. The molecule has 0 aliphatic rings. The van der Waals surface area contributed by atoms with Gasteiger partial charge >= 0.3 is 0 Å². The first-order chi connectivity index (χ1) is 8.59. The van der Waals surface area contributed by atoms with Crippen molar-refractivity contribution in [3.05, 3.63) is 57.5 Å². The van der Waals surface area contributed by atoms with Crippen LogP contribution in [-0.4, -0.2) is 9.78 Å². The van der Waals surface area contributed by atoms with Crippen LogP contribution in [0.2, 0.25) is 0 Å². The molecule has 0 saturated heterocycles. The van der Waals surface area contributed by atoms with Crippen molar-refractivity contribution in [3.63, 3.8) is 0 Å². The van der Waals surface area contributed by atoms with E-state index in [0.29, 0.717) is 0 Å². The van der Waals surface area contributed by atoms with Crippen molar-refractivity contribution in [1.82, 2.24) is 9.78 Å². The average Bonchev–Trinajstić information content (AvgIpc) is 2.38. The molecule has 1 aromatic heterocycles. The highest BCUT2D eigenvalue weighted by Crippen LogP contribution is 2.07. The second kappa shape index (κ2) is 6.15. The summed E-state index contributed by atoms with van der Waals surface area (Å²) in [7, 11) is 0. The van der Waals surface area contributed by atoms with Gasteiger partial charge in [-0.05, 0) is 44.0 Å². The monoisotopic (exact) mass is 244 g/mol. The molecular weight excluding hydrogens is 224 g/mol. The first-order valence-electron chi connectivity index (χ1n) is 6.22. The summed E-state index contributed by atoms with van der Waals surface area (Å²) < 4.78 is 1.44. The van der Waals surface area contributed by atoms with Gasteiger partial charge in [0.2, 0.25) is 0 Å². The van der Waals surface area contributed by atoms with Crippen LogP contribution in [0.5, 0.6) is 0 Å². The summed E-state index contributed by atoms with van der Waals surface area (Å²) in [5, 5.41) is 4.15. The van der Waals surface area contributed by atoms with Crippen molar-refractivity contribution in [3.8, 4) is 5.69 Å². The van der Waals surface area contributed by atoms with Crippen LogP contribution in [0.3, 0.4) is 0 Å². The lowest BCUT2D eigenvalue weighted by Crippen LogP contribution is -2.23. The predicted octanol–water partition coefficient (Wildman–Crippen LogP) is 3.18. The molecular formula is C15H20N2O. The lowest BCUT2D eigenvalue weighted by Gasteiger charge is -2.07. The summed E-state index contributed by atoms with van der Waals surface area (Å²) in [6, 6.07) is 7.75. The molecule has 0 saturated carbocycles. The van der Waals surface area contributed by atoms with Gasteiger partial charge in [0.15, 0.2) is 0 Å². The highest BCUT2D eigenvalue weighted by atomic mass is 16.1. The Kier molecular flexibility index (Phi) is 4.84. The van der Waals surface area contributed by atoms with Crippen LogP contribution < -0.4 is 5.56 Å². The maximum Gasteiger partial charge on any atom is 0.274 e. The van der Waals surface area contributed by atoms with E-state index in [0.717, 1.165) is 22.4 Å². The number of benzene rings is 1. The largest absolute Gasteiger partial charge is 0.274 e. The molecule has 3 nitrogen and oxygen atoms in total. The van der Waals surface area contributed by atoms with Gasteiger partial charge in [-0.1, -0.05) is 26.0 Å². The maximum atomic E-state index is 12.0. The molecule has 0 aliphatic carbocycles. The first kappa shape index (κ1) is 14.2. The third kappa shape index (κ3) is 2.86. The van der Waals surface area contributed by atoms with E-state index in [4.69, 9.17) is 0 Å². The second-order valence-electron chi connectivity index (χ2n) is 4.01. The molecule has 1 heterocycles. The molecule has 0 aliphatic heterocycles. The van der Waals surface area contributed by atoms with Crippen molar-refractivity contribution in [2.75, 3.05) is 0 Å². The Labute approximate surface area is 108 Å². The van der Waals surface area contributed by atoms with E-state index in [1.54, 1.807) is 6.20 Å². The third-order valence-corrected chi connectivity index (χ3v) is 2.72. The zero-order valence-corrected chi connectivity index (χ0v) is 11.7. The summed E-state index contributed by atoms with van der Waals surface area (Å²) in [5.74, 6) is 0. The van der Waals surface area contributed by atoms with E-state index in [1.807, 2.05) is 58.9 Å². The summed E-state index contributed by atoms with van der Waals surface area (Å²) in [6.07, 6.45) is 1.72. The number of aromatic nitrogens is 2. The SMILES string of the molecule is CC.Cc1cccc(-n2ncc(C)c(C)c2=O)c1. The highest BCUT2D eigenvalue weighted by Gasteiger charge is 2.05. The standard InChI is InChI=1S/C13H14N2O.C2H6/c1-9-5-4-6-12(7-9)15-13(16)11(3)10(2)8-14-15;1-2/h4-8H,1-3H3;1-2H3. The van der Waals surface area contributed by atoms with Gasteiger partial charge in [-0.15, -0.1) is 0 Å². The van der Waals surface area contributed by atoms with E-state index in [2.05, 4.69) is 5.10 Å². The quantitative estimate of drug-likeness (QED) is 0.772. The van der Waals surface area contributed by atoms with Crippen molar-refractivity contribution >= 4 is 0 Å². The molecule has 0 fully saturated rings. The van der Waals surface area contributed by atoms with Crippen molar-refractivity contribution in [1.29, 1.82) is 0 Å². The number of nitrogens with zero attached hydrogens (tertiary/aromatic N) is 2. The Bertz CT molecular complexity index is 585. The zero-order valence-electron chi connectivity index (χ0n) is 11.7. The molecule has 0 unspecified atom stereocenters. The molecule has 3 heteroatoms. The van der Waals surface area contributed by atoms with E-state index in [1.165, 1.54) is 4.68 Å². The van der Waals surface area contributed by atoms with Crippen LogP contribution in [0.15, 0.2) is 35.3 Å². The van der Waals surface area contributed by atoms with E-state index in [9.17, 15) is 4.79 Å². The molecule has 0 atom stereocenters. The topological polar surface area (TPSA) is 34.9 Å².